The Morgan fingerprint density at radius 1 is 1.25 bits per heavy atom. The van der Waals surface area contributed by atoms with E-state index < -0.39 is 0 Å². The van der Waals surface area contributed by atoms with Gasteiger partial charge in [-0.05, 0) is 48.4 Å². The molecule has 0 saturated carbocycles. The Labute approximate surface area is 125 Å². The maximum atomic E-state index is 11.7. The van der Waals surface area contributed by atoms with Crippen molar-refractivity contribution in [1.29, 1.82) is 0 Å². The molecule has 3 nitrogen and oxygen atoms in total. The summed E-state index contributed by atoms with van der Waals surface area (Å²) in [6.07, 6.45) is 0. The highest BCUT2D eigenvalue weighted by Gasteiger charge is 2.19. The molecule has 0 bridgehead atoms. The highest BCUT2D eigenvalue weighted by molar-refractivity contribution is 9.10. The van der Waals surface area contributed by atoms with Gasteiger partial charge in [0.15, 0.2) is 0 Å². The average Bonchev–Trinajstić information content (AvgIpc) is 2.46. The highest BCUT2D eigenvalue weighted by Crippen LogP contribution is 2.39. The summed E-state index contributed by atoms with van der Waals surface area (Å²) < 4.78 is 11.8. The summed E-state index contributed by atoms with van der Waals surface area (Å²) in [5.74, 6) is 0.403. The average molecular weight is 333 g/mol. The fourth-order valence-corrected chi connectivity index (χ4v) is 2.65. The van der Waals surface area contributed by atoms with Gasteiger partial charge in [-0.1, -0.05) is 22.0 Å². The van der Waals surface area contributed by atoms with Gasteiger partial charge in [0.1, 0.15) is 12.4 Å². The van der Waals surface area contributed by atoms with E-state index in [9.17, 15) is 4.79 Å². The van der Waals surface area contributed by atoms with Gasteiger partial charge in [-0.25, -0.2) is 4.79 Å². The number of hydrogen-bond acceptors (Lipinski definition) is 3. The van der Waals surface area contributed by atoms with Crippen molar-refractivity contribution >= 4 is 21.9 Å². The molecule has 0 saturated heterocycles. The topological polar surface area (TPSA) is 35.5 Å². The molecule has 3 rings (SSSR count). The fraction of sp³-hybridized carbons (Fsp3) is 0.188. The minimum absolute atomic E-state index is 0.320. The first kappa shape index (κ1) is 13.2. The van der Waals surface area contributed by atoms with Crippen LogP contribution in [0.3, 0.4) is 0 Å². The molecule has 2 aromatic rings. The number of halogens is 1. The summed E-state index contributed by atoms with van der Waals surface area (Å²) in [4.78, 5) is 11.7. The largest absolute Gasteiger partial charge is 0.488 e. The SMILES string of the molecule is CCOC(=O)c1ccc2c(c1)OCc1ccc(Br)cc1-2. The van der Waals surface area contributed by atoms with Crippen LogP contribution in [0.15, 0.2) is 40.9 Å². The van der Waals surface area contributed by atoms with E-state index in [2.05, 4.69) is 22.0 Å². The Morgan fingerprint density at radius 2 is 2.10 bits per heavy atom. The van der Waals surface area contributed by atoms with E-state index in [1.165, 1.54) is 0 Å². The molecular formula is C16H13BrO3. The monoisotopic (exact) mass is 332 g/mol. The maximum Gasteiger partial charge on any atom is 0.338 e. The van der Waals surface area contributed by atoms with Crippen molar-refractivity contribution in [2.45, 2.75) is 13.5 Å². The quantitative estimate of drug-likeness (QED) is 0.773. The molecule has 0 radical (unpaired) electrons. The number of hydrogen-bond donors (Lipinski definition) is 0. The van der Waals surface area contributed by atoms with Crippen LogP contribution in [0, 0.1) is 0 Å². The first-order valence-electron chi connectivity index (χ1n) is 6.42. The third-order valence-electron chi connectivity index (χ3n) is 3.24. The number of carbonyl (C=O) groups excluding carboxylic acids is 1. The van der Waals surface area contributed by atoms with Gasteiger partial charge in [-0.3, -0.25) is 0 Å². The summed E-state index contributed by atoms with van der Waals surface area (Å²) >= 11 is 3.49. The van der Waals surface area contributed by atoms with E-state index in [0.717, 1.165) is 26.9 Å². The molecule has 2 aromatic carbocycles. The van der Waals surface area contributed by atoms with Crippen LogP contribution in [-0.2, 0) is 11.3 Å². The van der Waals surface area contributed by atoms with Crippen LogP contribution in [0.4, 0.5) is 0 Å². The Morgan fingerprint density at radius 3 is 2.90 bits per heavy atom. The van der Waals surface area contributed by atoms with Gasteiger partial charge in [0.2, 0.25) is 0 Å². The maximum absolute atomic E-state index is 11.7. The van der Waals surface area contributed by atoms with Crippen molar-refractivity contribution < 1.29 is 14.3 Å². The van der Waals surface area contributed by atoms with Crippen molar-refractivity contribution in [1.82, 2.24) is 0 Å². The van der Waals surface area contributed by atoms with Gasteiger partial charge in [-0.15, -0.1) is 0 Å². The number of rotatable bonds is 2. The number of benzene rings is 2. The third kappa shape index (κ3) is 2.31. The predicted molar refractivity (Wildman–Crippen MR) is 79.9 cm³/mol. The summed E-state index contributed by atoms with van der Waals surface area (Å²) in [5.41, 5.74) is 3.80. The third-order valence-corrected chi connectivity index (χ3v) is 3.73. The van der Waals surface area contributed by atoms with Crippen LogP contribution in [0.1, 0.15) is 22.8 Å². The minimum atomic E-state index is -0.320. The number of fused-ring (bicyclic) bond motifs is 3. The lowest BCUT2D eigenvalue weighted by molar-refractivity contribution is 0.0526. The van der Waals surface area contributed by atoms with E-state index in [1.54, 1.807) is 19.1 Å². The summed E-state index contributed by atoms with van der Waals surface area (Å²) in [5, 5.41) is 0. The highest BCUT2D eigenvalue weighted by atomic mass is 79.9. The normalized spacial score (nSPS) is 12.1. The molecule has 102 valence electrons. The van der Waals surface area contributed by atoms with Gasteiger partial charge in [0.05, 0.1) is 12.2 Å². The summed E-state index contributed by atoms with van der Waals surface area (Å²) in [6, 6.07) is 11.5. The molecule has 20 heavy (non-hydrogen) atoms. The zero-order chi connectivity index (χ0) is 14.1. The van der Waals surface area contributed by atoms with E-state index in [1.807, 2.05) is 18.2 Å². The Hall–Kier alpha value is -1.81. The Kier molecular flexibility index (Phi) is 3.49. The molecular weight excluding hydrogens is 320 g/mol. The van der Waals surface area contributed by atoms with Crippen molar-refractivity contribution in [3.05, 3.63) is 52.0 Å². The number of carbonyl (C=O) groups is 1. The molecule has 1 aliphatic heterocycles. The fourth-order valence-electron chi connectivity index (χ4n) is 2.29. The molecule has 0 unspecified atom stereocenters. The molecule has 1 aliphatic rings. The first-order chi connectivity index (χ1) is 9.69. The van der Waals surface area contributed by atoms with Crippen LogP contribution in [0.5, 0.6) is 5.75 Å². The minimum Gasteiger partial charge on any atom is -0.488 e. The summed E-state index contributed by atoms with van der Waals surface area (Å²) in [6.45, 7) is 2.68. The van der Waals surface area contributed by atoms with Crippen molar-refractivity contribution in [2.24, 2.45) is 0 Å². The molecule has 0 atom stereocenters. The van der Waals surface area contributed by atoms with Gasteiger partial charge in [-0.2, -0.15) is 0 Å². The molecule has 0 aromatic heterocycles. The zero-order valence-electron chi connectivity index (χ0n) is 11.0. The van der Waals surface area contributed by atoms with Gasteiger partial charge >= 0.3 is 5.97 Å². The molecule has 0 amide bonds. The number of ether oxygens (including phenoxy) is 2. The van der Waals surface area contributed by atoms with E-state index in [0.29, 0.717) is 18.8 Å². The molecule has 0 fully saturated rings. The van der Waals surface area contributed by atoms with Crippen molar-refractivity contribution in [3.63, 3.8) is 0 Å². The standard InChI is InChI=1S/C16H13BrO3/c1-2-19-16(18)10-4-6-13-14-8-12(17)5-3-11(14)9-20-15(13)7-10/h3-8H,2,9H2,1H3. The van der Waals surface area contributed by atoms with Crippen LogP contribution in [0.2, 0.25) is 0 Å². The van der Waals surface area contributed by atoms with Crippen molar-refractivity contribution in [2.75, 3.05) is 6.61 Å². The second-order valence-corrected chi connectivity index (χ2v) is 5.44. The van der Waals surface area contributed by atoms with E-state index >= 15 is 0 Å². The van der Waals surface area contributed by atoms with Crippen LogP contribution >= 0.6 is 15.9 Å². The van der Waals surface area contributed by atoms with E-state index in [-0.39, 0.29) is 5.97 Å². The van der Waals surface area contributed by atoms with Gasteiger partial charge < -0.3 is 9.47 Å². The van der Waals surface area contributed by atoms with Crippen LogP contribution in [-0.4, -0.2) is 12.6 Å². The molecule has 0 aliphatic carbocycles. The second-order valence-electron chi connectivity index (χ2n) is 4.52. The van der Waals surface area contributed by atoms with Gasteiger partial charge in [0.25, 0.3) is 0 Å². The second kappa shape index (κ2) is 5.29. The first-order valence-corrected chi connectivity index (χ1v) is 7.21. The lowest BCUT2D eigenvalue weighted by Crippen LogP contribution is -2.09. The van der Waals surface area contributed by atoms with Gasteiger partial charge in [0, 0.05) is 10.0 Å². The lowest BCUT2D eigenvalue weighted by atomic mass is 9.96. The Bertz CT molecular complexity index is 679. The molecule has 0 N–H and O–H groups in total. The van der Waals surface area contributed by atoms with Crippen LogP contribution in [0.25, 0.3) is 11.1 Å². The number of esters is 1. The van der Waals surface area contributed by atoms with Crippen molar-refractivity contribution in [3.8, 4) is 16.9 Å². The zero-order valence-corrected chi connectivity index (χ0v) is 12.6. The van der Waals surface area contributed by atoms with E-state index in [4.69, 9.17) is 9.47 Å². The Balaban J connectivity index is 2.05. The van der Waals surface area contributed by atoms with Crippen LogP contribution < -0.4 is 4.74 Å². The smallest absolute Gasteiger partial charge is 0.338 e. The molecule has 4 heteroatoms. The predicted octanol–water partition coefficient (Wildman–Crippen LogP) is 4.19. The summed E-state index contributed by atoms with van der Waals surface area (Å²) in [7, 11) is 0. The molecule has 0 spiro atoms. The lowest BCUT2D eigenvalue weighted by Gasteiger charge is -2.21. The molecule has 1 heterocycles.